The van der Waals surface area contributed by atoms with E-state index in [1.165, 1.54) is 40.7 Å². The van der Waals surface area contributed by atoms with Gasteiger partial charge < -0.3 is 10.2 Å². The normalized spacial score (nSPS) is 16.4. The Morgan fingerprint density at radius 1 is 1.07 bits per heavy atom. The van der Waals surface area contributed by atoms with Gasteiger partial charge in [0.25, 0.3) is 0 Å². The standard InChI is InChI=1S/C20H22FN3O3S/c1-23-10-12-24(13-11-23)28(26,27)19-7-3-6-18(15-19)22-20(25)9-8-16-4-2-5-17(21)14-16/h2-9,14-15H,10-13H2,1H3,(H,22,25)/b9-8+. The molecule has 1 heterocycles. The predicted octanol–water partition coefficient (Wildman–Crippen LogP) is 2.41. The molecular formula is C20H22FN3O3S. The lowest BCUT2D eigenvalue weighted by Gasteiger charge is -2.31. The molecule has 1 N–H and O–H groups in total. The van der Waals surface area contributed by atoms with E-state index in [0.29, 0.717) is 37.4 Å². The number of amides is 1. The first-order valence-electron chi connectivity index (χ1n) is 8.88. The summed E-state index contributed by atoms with van der Waals surface area (Å²) in [4.78, 5) is 14.3. The zero-order valence-electron chi connectivity index (χ0n) is 15.5. The van der Waals surface area contributed by atoms with Crippen LogP contribution in [0.4, 0.5) is 10.1 Å². The number of rotatable bonds is 5. The van der Waals surface area contributed by atoms with Gasteiger partial charge in [0.15, 0.2) is 0 Å². The Kier molecular flexibility index (Phi) is 6.23. The van der Waals surface area contributed by atoms with Gasteiger partial charge >= 0.3 is 0 Å². The summed E-state index contributed by atoms with van der Waals surface area (Å²) in [5.41, 5.74) is 0.936. The first kappa shape index (κ1) is 20.2. The quantitative estimate of drug-likeness (QED) is 0.779. The van der Waals surface area contributed by atoms with E-state index in [-0.39, 0.29) is 10.7 Å². The lowest BCUT2D eigenvalue weighted by Crippen LogP contribution is -2.47. The van der Waals surface area contributed by atoms with Crippen LogP contribution in [0.3, 0.4) is 0 Å². The third kappa shape index (κ3) is 5.03. The Hall–Kier alpha value is -2.55. The van der Waals surface area contributed by atoms with Crippen molar-refractivity contribution < 1.29 is 17.6 Å². The van der Waals surface area contributed by atoms with Crippen LogP contribution >= 0.6 is 0 Å². The number of piperazine rings is 1. The Morgan fingerprint density at radius 3 is 2.50 bits per heavy atom. The molecule has 1 aliphatic rings. The highest BCUT2D eigenvalue weighted by atomic mass is 32.2. The van der Waals surface area contributed by atoms with Gasteiger partial charge in [-0.3, -0.25) is 4.79 Å². The van der Waals surface area contributed by atoms with E-state index in [4.69, 9.17) is 0 Å². The smallest absolute Gasteiger partial charge is 0.248 e. The van der Waals surface area contributed by atoms with Crippen LogP contribution in [0.15, 0.2) is 59.5 Å². The number of carbonyl (C=O) groups excluding carboxylic acids is 1. The molecule has 1 fully saturated rings. The van der Waals surface area contributed by atoms with Gasteiger partial charge in [0.2, 0.25) is 15.9 Å². The third-order valence-corrected chi connectivity index (χ3v) is 6.37. The molecule has 148 valence electrons. The predicted molar refractivity (Wildman–Crippen MR) is 107 cm³/mol. The van der Waals surface area contributed by atoms with E-state index in [2.05, 4.69) is 10.2 Å². The largest absolute Gasteiger partial charge is 0.322 e. The van der Waals surface area contributed by atoms with Crippen LogP contribution in [0.1, 0.15) is 5.56 Å². The maximum atomic E-state index is 13.2. The molecule has 0 bridgehead atoms. The van der Waals surface area contributed by atoms with Crippen molar-refractivity contribution >= 4 is 27.7 Å². The molecular weight excluding hydrogens is 381 g/mol. The number of likely N-dealkylation sites (N-methyl/N-ethyl adjacent to an activating group) is 1. The van der Waals surface area contributed by atoms with Crippen molar-refractivity contribution in [2.75, 3.05) is 38.5 Å². The minimum atomic E-state index is -3.61. The molecule has 1 saturated heterocycles. The van der Waals surface area contributed by atoms with Crippen molar-refractivity contribution in [3.8, 4) is 0 Å². The second-order valence-electron chi connectivity index (χ2n) is 6.61. The van der Waals surface area contributed by atoms with Crippen LogP contribution in [0.25, 0.3) is 6.08 Å². The van der Waals surface area contributed by atoms with Crippen LogP contribution in [0.5, 0.6) is 0 Å². The number of halogens is 1. The third-order valence-electron chi connectivity index (χ3n) is 4.48. The summed E-state index contributed by atoms with van der Waals surface area (Å²) < 4.78 is 40.3. The number of nitrogens with one attached hydrogen (secondary N) is 1. The lowest BCUT2D eigenvalue weighted by molar-refractivity contribution is -0.111. The van der Waals surface area contributed by atoms with Gasteiger partial charge in [-0.05, 0) is 49.0 Å². The number of nitrogens with zero attached hydrogens (tertiary/aromatic N) is 2. The van der Waals surface area contributed by atoms with E-state index in [1.54, 1.807) is 24.3 Å². The molecule has 28 heavy (non-hydrogen) atoms. The van der Waals surface area contributed by atoms with E-state index < -0.39 is 15.9 Å². The fraction of sp³-hybridized carbons (Fsp3) is 0.250. The molecule has 1 aliphatic heterocycles. The summed E-state index contributed by atoms with van der Waals surface area (Å²) in [5.74, 6) is -0.817. The summed E-state index contributed by atoms with van der Waals surface area (Å²) in [6.45, 7) is 2.23. The summed E-state index contributed by atoms with van der Waals surface area (Å²) in [6, 6.07) is 12.0. The average Bonchev–Trinajstić information content (AvgIpc) is 2.67. The molecule has 2 aromatic carbocycles. The van der Waals surface area contributed by atoms with Crippen molar-refractivity contribution in [2.45, 2.75) is 4.90 Å². The number of carbonyl (C=O) groups is 1. The summed E-state index contributed by atoms with van der Waals surface area (Å²) in [7, 11) is -1.65. The first-order chi connectivity index (χ1) is 13.3. The monoisotopic (exact) mass is 403 g/mol. The molecule has 1 amide bonds. The van der Waals surface area contributed by atoms with Gasteiger partial charge in [0, 0.05) is 37.9 Å². The molecule has 3 rings (SSSR count). The SMILES string of the molecule is CN1CCN(S(=O)(=O)c2cccc(NC(=O)/C=C/c3cccc(F)c3)c2)CC1. The Morgan fingerprint density at radius 2 is 1.79 bits per heavy atom. The maximum Gasteiger partial charge on any atom is 0.248 e. The van der Waals surface area contributed by atoms with E-state index >= 15 is 0 Å². The number of hydrogen-bond donors (Lipinski definition) is 1. The Bertz CT molecular complexity index is 984. The minimum Gasteiger partial charge on any atom is -0.322 e. The van der Waals surface area contributed by atoms with Gasteiger partial charge in [-0.15, -0.1) is 0 Å². The molecule has 0 aliphatic carbocycles. The number of anilines is 1. The van der Waals surface area contributed by atoms with E-state index in [1.807, 2.05) is 7.05 Å². The van der Waals surface area contributed by atoms with Crippen molar-refractivity contribution in [2.24, 2.45) is 0 Å². The van der Waals surface area contributed by atoms with Crippen molar-refractivity contribution in [3.63, 3.8) is 0 Å². The minimum absolute atomic E-state index is 0.143. The molecule has 6 nitrogen and oxygen atoms in total. The van der Waals surface area contributed by atoms with Crippen LogP contribution in [-0.4, -0.2) is 56.8 Å². The maximum absolute atomic E-state index is 13.2. The molecule has 0 spiro atoms. The molecule has 2 aromatic rings. The zero-order valence-corrected chi connectivity index (χ0v) is 16.3. The lowest BCUT2D eigenvalue weighted by atomic mass is 10.2. The molecule has 0 unspecified atom stereocenters. The van der Waals surface area contributed by atoms with Gasteiger partial charge in [0.05, 0.1) is 4.90 Å². The molecule has 0 aromatic heterocycles. The van der Waals surface area contributed by atoms with Gasteiger partial charge in [-0.1, -0.05) is 18.2 Å². The fourth-order valence-electron chi connectivity index (χ4n) is 2.88. The van der Waals surface area contributed by atoms with Crippen LogP contribution in [0, 0.1) is 5.82 Å². The first-order valence-corrected chi connectivity index (χ1v) is 10.3. The Balaban J connectivity index is 1.70. The summed E-state index contributed by atoms with van der Waals surface area (Å²) in [5, 5.41) is 2.64. The highest BCUT2D eigenvalue weighted by molar-refractivity contribution is 7.89. The number of sulfonamides is 1. The zero-order chi connectivity index (χ0) is 20.1. The topological polar surface area (TPSA) is 69.7 Å². The highest BCUT2D eigenvalue weighted by Gasteiger charge is 2.27. The number of hydrogen-bond acceptors (Lipinski definition) is 4. The van der Waals surface area contributed by atoms with Crippen LogP contribution in [0.2, 0.25) is 0 Å². The molecule has 0 saturated carbocycles. The molecule has 0 radical (unpaired) electrons. The second kappa shape index (κ2) is 8.64. The van der Waals surface area contributed by atoms with Gasteiger partial charge in [-0.25, -0.2) is 12.8 Å². The molecule has 0 atom stereocenters. The van der Waals surface area contributed by atoms with Crippen LogP contribution < -0.4 is 5.32 Å². The van der Waals surface area contributed by atoms with Crippen LogP contribution in [-0.2, 0) is 14.8 Å². The van der Waals surface area contributed by atoms with Crippen molar-refractivity contribution in [3.05, 3.63) is 66.0 Å². The highest BCUT2D eigenvalue weighted by Crippen LogP contribution is 2.21. The van der Waals surface area contributed by atoms with Crippen molar-refractivity contribution in [1.82, 2.24) is 9.21 Å². The van der Waals surface area contributed by atoms with Crippen molar-refractivity contribution in [1.29, 1.82) is 0 Å². The average molecular weight is 403 g/mol. The fourth-order valence-corrected chi connectivity index (χ4v) is 4.35. The summed E-state index contributed by atoms with van der Waals surface area (Å²) >= 11 is 0. The van der Waals surface area contributed by atoms with Gasteiger partial charge in [0.1, 0.15) is 5.82 Å². The van der Waals surface area contributed by atoms with Gasteiger partial charge in [-0.2, -0.15) is 4.31 Å². The Labute approximate surface area is 164 Å². The van der Waals surface area contributed by atoms with E-state index in [0.717, 1.165) is 0 Å². The summed E-state index contributed by atoms with van der Waals surface area (Å²) in [6.07, 6.45) is 2.76. The van der Waals surface area contributed by atoms with E-state index in [9.17, 15) is 17.6 Å². The second-order valence-corrected chi connectivity index (χ2v) is 8.55. The molecule has 8 heteroatoms. The number of benzene rings is 2.